The van der Waals surface area contributed by atoms with Crippen molar-refractivity contribution in [2.45, 2.75) is 46.3 Å². The molecule has 2 amide bonds. The Bertz CT molecular complexity index is 806. The van der Waals surface area contributed by atoms with Crippen LogP contribution >= 0.6 is 0 Å². The Labute approximate surface area is 165 Å². The zero-order chi connectivity index (χ0) is 20.7. The van der Waals surface area contributed by atoms with Crippen molar-refractivity contribution in [2.24, 2.45) is 0 Å². The monoisotopic (exact) mass is 386 g/mol. The molecule has 6 heteroatoms. The highest BCUT2D eigenvalue weighted by Crippen LogP contribution is 2.15. The van der Waals surface area contributed by atoms with Crippen molar-refractivity contribution in [3.8, 4) is 5.75 Å². The minimum absolute atomic E-state index is 0.0184. The Morgan fingerprint density at radius 2 is 1.71 bits per heavy atom. The van der Waals surface area contributed by atoms with E-state index in [9.17, 15) is 14.0 Å². The molecule has 28 heavy (non-hydrogen) atoms. The number of rotatable bonds is 8. The summed E-state index contributed by atoms with van der Waals surface area (Å²) in [6.45, 7) is 7.01. The average Bonchev–Trinajstić information content (AvgIpc) is 2.65. The quantitative estimate of drug-likeness (QED) is 0.756. The van der Waals surface area contributed by atoms with Crippen molar-refractivity contribution in [3.05, 3.63) is 65.5 Å². The topological polar surface area (TPSA) is 58.6 Å². The third kappa shape index (κ3) is 6.08. The van der Waals surface area contributed by atoms with Gasteiger partial charge in [0.15, 0.2) is 6.61 Å². The Morgan fingerprint density at radius 3 is 2.32 bits per heavy atom. The Kier molecular flexibility index (Phi) is 7.55. The SMILES string of the molecule is Cc1ccc(OCC(=O)N(Cc2ccccc2F)C(C)C(=O)NC(C)C)cc1. The lowest BCUT2D eigenvalue weighted by atomic mass is 10.1. The number of amides is 2. The molecular formula is C22H27FN2O3. The van der Waals surface area contributed by atoms with E-state index in [2.05, 4.69) is 5.32 Å². The van der Waals surface area contributed by atoms with Crippen LogP contribution in [0.1, 0.15) is 31.9 Å². The van der Waals surface area contributed by atoms with Crippen LogP contribution in [0.3, 0.4) is 0 Å². The minimum atomic E-state index is -0.767. The van der Waals surface area contributed by atoms with E-state index in [1.807, 2.05) is 32.9 Å². The summed E-state index contributed by atoms with van der Waals surface area (Å²) in [6, 6.07) is 12.7. The highest BCUT2D eigenvalue weighted by atomic mass is 19.1. The van der Waals surface area contributed by atoms with Gasteiger partial charge in [-0.2, -0.15) is 0 Å². The molecule has 2 aromatic carbocycles. The second-order valence-electron chi connectivity index (χ2n) is 7.05. The number of hydrogen-bond donors (Lipinski definition) is 1. The van der Waals surface area contributed by atoms with Crippen molar-refractivity contribution >= 4 is 11.8 Å². The zero-order valence-corrected chi connectivity index (χ0v) is 16.7. The fourth-order valence-corrected chi connectivity index (χ4v) is 2.66. The summed E-state index contributed by atoms with van der Waals surface area (Å²) < 4.78 is 19.7. The first-order valence-corrected chi connectivity index (χ1v) is 9.30. The molecule has 1 N–H and O–H groups in total. The van der Waals surface area contributed by atoms with Crippen LogP contribution in [0.4, 0.5) is 4.39 Å². The highest BCUT2D eigenvalue weighted by molar-refractivity contribution is 5.88. The van der Waals surface area contributed by atoms with Gasteiger partial charge in [-0.15, -0.1) is 0 Å². The second-order valence-corrected chi connectivity index (χ2v) is 7.05. The van der Waals surface area contributed by atoms with Crippen molar-refractivity contribution in [2.75, 3.05) is 6.61 Å². The number of aryl methyl sites for hydroxylation is 1. The van der Waals surface area contributed by atoms with Crippen molar-refractivity contribution in [1.82, 2.24) is 10.2 Å². The summed E-state index contributed by atoms with van der Waals surface area (Å²) in [5.74, 6) is -0.550. The van der Waals surface area contributed by atoms with E-state index in [1.54, 1.807) is 37.3 Å². The fourth-order valence-electron chi connectivity index (χ4n) is 2.66. The number of halogens is 1. The van der Waals surface area contributed by atoms with Gasteiger partial charge in [-0.25, -0.2) is 4.39 Å². The molecule has 2 rings (SSSR count). The van der Waals surface area contributed by atoms with Crippen LogP contribution in [0.15, 0.2) is 48.5 Å². The lowest BCUT2D eigenvalue weighted by molar-refractivity contribution is -0.142. The molecule has 0 aliphatic rings. The molecule has 0 bridgehead atoms. The van der Waals surface area contributed by atoms with Gasteiger partial charge in [-0.3, -0.25) is 9.59 Å². The molecule has 1 atom stereocenters. The van der Waals surface area contributed by atoms with Gasteiger partial charge in [-0.05, 0) is 45.9 Å². The number of carbonyl (C=O) groups is 2. The van der Waals surface area contributed by atoms with Crippen molar-refractivity contribution in [3.63, 3.8) is 0 Å². The standard InChI is InChI=1S/C22H27FN2O3/c1-15(2)24-22(27)17(4)25(13-18-7-5-6-8-20(18)23)21(26)14-28-19-11-9-16(3)10-12-19/h5-12,15,17H,13-14H2,1-4H3,(H,24,27). The predicted octanol–water partition coefficient (Wildman–Crippen LogP) is 3.45. The van der Waals surface area contributed by atoms with Crippen LogP contribution in [0.25, 0.3) is 0 Å². The van der Waals surface area contributed by atoms with E-state index in [0.717, 1.165) is 5.56 Å². The summed E-state index contributed by atoms with van der Waals surface area (Å²) in [4.78, 5) is 26.6. The maximum atomic E-state index is 14.1. The molecule has 0 aliphatic heterocycles. The van der Waals surface area contributed by atoms with Gasteiger partial charge in [0.05, 0.1) is 0 Å². The van der Waals surface area contributed by atoms with E-state index in [4.69, 9.17) is 4.74 Å². The molecule has 0 saturated heterocycles. The maximum absolute atomic E-state index is 14.1. The number of hydrogen-bond acceptors (Lipinski definition) is 3. The third-order valence-electron chi connectivity index (χ3n) is 4.28. The second kappa shape index (κ2) is 9.88. The van der Waals surface area contributed by atoms with Gasteiger partial charge in [0.25, 0.3) is 5.91 Å². The normalized spacial score (nSPS) is 11.8. The van der Waals surface area contributed by atoms with E-state index < -0.39 is 17.8 Å². The van der Waals surface area contributed by atoms with Gasteiger partial charge in [0.1, 0.15) is 17.6 Å². The maximum Gasteiger partial charge on any atom is 0.261 e. The van der Waals surface area contributed by atoms with Crippen LogP contribution in [0.2, 0.25) is 0 Å². The molecular weight excluding hydrogens is 359 g/mol. The molecule has 0 saturated carbocycles. The number of nitrogens with zero attached hydrogens (tertiary/aromatic N) is 1. The summed E-state index contributed by atoms with van der Waals surface area (Å²) in [5, 5.41) is 2.79. The van der Waals surface area contributed by atoms with Gasteiger partial charge in [0, 0.05) is 18.2 Å². The molecule has 0 aromatic heterocycles. The van der Waals surface area contributed by atoms with Crippen molar-refractivity contribution in [1.29, 1.82) is 0 Å². The van der Waals surface area contributed by atoms with Crippen molar-refractivity contribution < 1.29 is 18.7 Å². The van der Waals surface area contributed by atoms with E-state index in [1.165, 1.54) is 11.0 Å². The Hall–Kier alpha value is -2.89. The molecule has 150 valence electrons. The molecule has 0 heterocycles. The number of nitrogens with one attached hydrogen (secondary N) is 1. The molecule has 0 aliphatic carbocycles. The van der Waals surface area contributed by atoms with E-state index >= 15 is 0 Å². The zero-order valence-electron chi connectivity index (χ0n) is 16.7. The third-order valence-corrected chi connectivity index (χ3v) is 4.28. The molecule has 2 aromatic rings. The molecule has 0 fully saturated rings. The van der Waals surface area contributed by atoms with Crippen LogP contribution in [-0.2, 0) is 16.1 Å². The summed E-state index contributed by atoms with van der Waals surface area (Å²) in [5.41, 5.74) is 1.43. The Balaban J connectivity index is 2.15. The lowest BCUT2D eigenvalue weighted by Crippen LogP contribution is -2.50. The summed E-state index contributed by atoms with van der Waals surface area (Å²) >= 11 is 0. The number of ether oxygens (including phenoxy) is 1. The van der Waals surface area contributed by atoms with Crippen LogP contribution in [-0.4, -0.2) is 35.4 Å². The van der Waals surface area contributed by atoms with E-state index in [-0.39, 0.29) is 25.1 Å². The lowest BCUT2D eigenvalue weighted by Gasteiger charge is -2.29. The van der Waals surface area contributed by atoms with Gasteiger partial charge >= 0.3 is 0 Å². The largest absolute Gasteiger partial charge is 0.484 e. The molecule has 5 nitrogen and oxygen atoms in total. The average molecular weight is 386 g/mol. The van der Waals surface area contributed by atoms with Gasteiger partial charge < -0.3 is 15.0 Å². The number of carbonyl (C=O) groups excluding carboxylic acids is 2. The smallest absolute Gasteiger partial charge is 0.261 e. The first-order valence-electron chi connectivity index (χ1n) is 9.30. The fraction of sp³-hybridized carbons (Fsp3) is 0.364. The minimum Gasteiger partial charge on any atom is -0.484 e. The Morgan fingerprint density at radius 1 is 1.07 bits per heavy atom. The summed E-state index contributed by atoms with van der Waals surface area (Å²) in [7, 11) is 0. The summed E-state index contributed by atoms with van der Waals surface area (Å²) in [6.07, 6.45) is 0. The van der Waals surface area contributed by atoms with Gasteiger partial charge in [-0.1, -0.05) is 35.9 Å². The van der Waals surface area contributed by atoms with Crippen LogP contribution in [0.5, 0.6) is 5.75 Å². The highest BCUT2D eigenvalue weighted by Gasteiger charge is 2.27. The predicted molar refractivity (Wildman–Crippen MR) is 106 cm³/mol. The number of benzene rings is 2. The molecule has 1 unspecified atom stereocenters. The van der Waals surface area contributed by atoms with E-state index in [0.29, 0.717) is 11.3 Å². The van der Waals surface area contributed by atoms with Crippen LogP contribution in [0, 0.1) is 12.7 Å². The molecule has 0 radical (unpaired) electrons. The molecule has 0 spiro atoms. The van der Waals surface area contributed by atoms with Gasteiger partial charge in [0.2, 0.25) is 5.91 Å². The van der Waals surface area contributed by atoms with Crippen LogP contribution < -0.4 is 10.1 Å². The first kappa shape index (κ1) is 21.4. The first-order chi connectivity index (χ1) is 13.3.